The molecule has 0 aliphatic carbocycles. The van der Waals surface area contributed by atoms with Crippen molar-refractivity contribution in [2.75, 3.05) is 44.9 Å². The van der Waals surface area contributed by atoms with Gasteiger partial charge < -0.3 is 20.1 Å². The van der Waals surface area contributed by atoms with Crippen LogP contribution in [0.5, 0.6) is 0 Å². The van der Waals surface area contributed by atoms with E-state index in [0.717, 1.165) is 44.1 Å². The number of methoxy groups -OCH3 is 1. The molecule has 1 aliphatic heterocycles. The van der Waals surface area contributed by atoms with Gasteiger partial charge in [-0.05, 0) is 6.42 Å². The van der Waals surface area contributed by atoms with E-state index in [4.69, 9.17) is 9.84 Å². The smallest absolute Gasteiger partial charge is 0.225 e. The number of hydrogen-bond donors (Lipinski definition) is 2. The molecule has 1 saturated heterocycles. The fourth-order valence-electron chi connectivity index (χ4n) is 2.17. The second kappa shape index (κ2) is 7.37. The van der Waals surface area contributed by atoms with Gasteiger partial charge in [-0.1, -0.05) is 0 Å². The fraction of sp³-hybridized carbons (Fsp3) is 0.692. The lowest BCUT2D eigenvalue weighted by Gasteiger charge is -2.15. The number of ether oxygens (including phenoxy) is 1. The van der Waals surface area contributed by atoms with E-state index in [2.05, 4.69) is 20.2 Å². The predicted octanol–water partition coefficient (Wildman–Crippen LogP) is 0.0312. The fourth-order valence-corrected chi connectivity index (χ4v) is 2.17. The van der Waals surface area contributed by atoms with Crippen LogP contribution in [-0.2, 0) is 11.3 Å². The average Bonchev–Trinajstić information content (AvgIpc) is 2.93. The van der Waals surface area contributed by atoms with Gasteiger partial charge >= 0.3 is 0 Å². The Morgan fingerprint density at radius 2 is 2.26 bits per heavy atom. The molecule has 0 radical (unpaired) electrons. The lowest BCUT2D eigenvalue weighted by Crippen LogP contribution is -2.23. The predicted molar refractivity (Wildman–Crippen MR) is 73.0 cm³/mol. The first-order valence-electron chi connectivity index (χ1n) is 6.70. The van der Waals surface area contributed by atoms with Gasteiger partial charge in [-0.15, -0.1) is 0 Å². The largest absolute Gasteiger partial charge is 0.396 e. The molecule has 6 nitrogen and oxygen atoms in total. The third-order valence-electron chi connectivity index (χ3n) is 3.33. The Bertz CT molecular complexity index is 371. The summed E-state index contributed by atoms with van der Waals surface area (Å²) >= 11 is 0. The number of aliphatic hydroxyl groups is 1. The molecule has 19 heavy (non-hydrogen) atoms. The van der Waals surface area contributed by atoms with Crippen LogP contribution in [0.25, 0.3) is 0 Å². The van der Waals surface area contributed by atoms with E-state index >= 15 is 0 Å². The highest BCUT2D eigenvalue weighted by atomic mass is 16.5. The molecule has 1 aliphatic rings. The Morgan fingerprint density at radius 1 is 1.47 bits per heavy atom. The van der Waals surface area contributed by atoms with Gasteiger partial charge in [0, 0.05) is 63.8 Å². The topological polar surface area (TPSA) is 70.5 Å². The SMILES string of the molecule is COCCNCc1cnc(N2CCC(CO)C2)nc1. The maximum absolute atomic E-state index is 9.13. The van der Waals surface area contributed by atoms with Crippen molar-refractivity contribution < 1.29 is 9.84 Å². The number of nitrogens with one attached hydrogen (secondary N) is 1. The summed E-state index contributed by atoms with van der Waals surface area (Å²) in [5.74, 6) is 1.12. The van der Waals surface area contributed by atoms with Crippen molar-refractivity contribution in [1.82, 2.24) is 15.3 Å². The van der Waals surface area contributed by atoms with E-state index in [1.165, 1.54) is 0 Å². The highest BCUT2D eigenvalue weighted by molar-refractivity contribution is 5.31. The van der Waals surface area contributed by atoms with Crippen LogP contribution in [0.4, 0.5) is 5.95 Å². The summed E-state index contributed by atoms with van der Waals surface area (Å²) < 4.78 is 4.97. The maximum Gasteiger partial charge on any atom is 0.225 e. The Kier molecular flexibility index (Phi) is 5.50. The van der Waals surface area contributed by atoms with Crippen LogP contribution in [0.1, 0.15) is 12.0 Å². The molecule has 1 fully saturated rings. The first-order valence-corrected chi connectivity index (χ1v) is 6.70. The Hall–Kier alpha value is -1.24. The van der Waals surface area contributed by atoms with Gasteiger partial charge in [0.1, 0.15) is 0 Å². The van der Waals surface area contributed by atoms with Crippen LogP contribution in [-0.4, -0.2) is 55.0 Å². The van der Waals surface area contributed by atoms with Crippen LogP contribution >= 0.6 is 0 Å². The molecule has 0 amide bonds. The molecule has 0 spiro atoms. The molecule has 1 atom stereocenters. The molecule has 1 unspecified atom stereocenters. The first-order chi connectivity index (χ1) is 9.33. The number of rotatable bonds is 7. The Labute approximate surface area is 113 Å². The molecule has 0 aromatic carbocycles. The summed E-state index contributed by atoms with van der Waals surface area (Å²) in [6.45, 7) is 4.30. The molecule has 2 N–H and O–H groups in total. The summed E-state index contributed by atoms with van der Waals surface area (Å²) in [6.07, 6.45) is 4.73. The number of nitrogens with zero attached hydrogens (tertiary/aromatic N) is 3. The summed E-state index contributed by atoms with van der Waals surface area (Å²) in [7, 11) is 1.69. The third kappa shape index (κ3) is 4.12. The molecule has 1 aromatic heterocycles. The minimum atomic E-state index is 0.248. The van der Waals surface area contributed by atoms with Crippen LogP contribution in [0.15, 0.2) is 12.4 Å². The number of aliphatic hydroxyl groups excluding tert-OH is 1. The van der Waals surface area contributed by atoms with Gasteiger partial charge in [0.05, 0.1) is 6.61 Å². The van der Waals surface area contributed by atoms with Crippen LogP contribution < -0.4 is 10.2 Å². The lowest BCUT2D eigenvalue weighted by atomic mass is 10.1. The van der Waals surface area contributed by atoms with Crippen LogP contribution in [0.3, 0.4) is 0 Å². The zero-order chi connectivity index (χ0) is 13.5. The molecule has 0 bridgehead atoms. The molecular weight excluding hydrogens is 244 g/mol. The highest BCUT2D eigenvalue weighted by Gasteiger charge is 2.23. The molecule has 0 saturated carbocycles. The van der Waals surface area contributed by atoms with Gasteiger partial charge in [0.25, 0.3) is 0 Å². The second-order valence-corrected chi connectivity index (χ2v) is 4.84. The van der Waals surface area contributed by atoms with Crippen molar-refractivity contribution in [2.45, 2.75) is 13.0 Å². The average molecular weight is 266 g/mol. The zero-order valence-corrected chi connectivity index (χ0v) is 11.4. The maximum atomic E-state index is 9.13. The molecule has 106 valence electrons. The van der Waals surface area contributed by atoms with Crippen molar-refractivity contribution in [3.05, 3.63) is 18.0 Å². The quantitative estimate of drug-likeness (QED) is 0.679. The summed E-state index contributed by atoms with van der Waals surface area (Å²) in [6, 6.07) is 0. The van der Waals surface area contributed by atoms with E-state index in [1.807, 2.05) is 12.4 Å². The van der Waals surface area contributed by atoms with Crippen molar-refractivity contribution >= 4 is 5.95 Å². The van der Waals surface area contributed by atoms with E-state index in [1.54, 1.807) is 7.11 Å². The number of hydrogen-bond acceptors (Lipinski definition) is 6. The number of aromatic nitrogens is 2. The van der Waals surface area contributed by atoms with Gasteiger partial charge in [-0.2, -0.15) is 0 Å². The van der Waals surface area contributed by atoms with Crippen molar-refractivity contribution in [3.63, 3.8) is 0 Å². The summed E-state index contributed by atoms with van der Waals surface area (Å²) in [5.41, 5.74) is 1.07. The van der Waals surface area contributed by atoms with Crippen molar-refractivity contribution in [1.29, 1.82) is 0 Å². The third-order valence-corrected chi connectivity index (χ3v) is 3.33. The second-order valence-electron chi connectivity index (χ2n) is 4.84. The molecule has 1 aromatic rings. The van der Waals surface area contributed by atoms with E-state index in [9.17, 15) is 0 Å². The lowest BCUT2D eigenvalue weighted by molar-refractivity contribution is 0.199. The summed E-state index contributed by atoms with van der Waals surface area (Å²) in [5, 5.41) is 12.4. The zero-order valence-electron chi connectivity index (χ0n) is 11.4. The van der Waals surface area contributed by atoms with Crippen molar-refractivity contribution in [2.24, 2.45) is 5.92 Å². The minimum Gasteiger partial charge on any atom is -0.396 e. The van der Waals surface area contributed by atoms with Crippen molar-refractivity contribution in [3.8, 4) is 0 Å². The van der Waals surface area contributed by atoms with Crippen LogP contribution in [0.2, 0.25) is 0 Å². The molecule has 6 heteroatoms. The van der Waals surface area contributed by atoms with Gasteiger partial charge in [-0.3, -0.25) is 0 Å². The van der Waals surface area contributed by atoms with Gasteiger partial charge in [0.15, 0.2) is 0 Å². The van der Waals surface area contributed by atoms with E-state index < -0.39 is 0 Å². The van der Waals surface area contributed by atoms with Gasteiger partial charge in [-0.25, -0.2) is 9.97 Å². The minimum absolute atomic E-state index is 0.248. The molecule has 2 rings (SSSR count). The molecular formula is C13H22N4O2. The van der Waals surface area contributed by atoms with Gasteiger partial charge in [0.2, 0.25) is 5.95 Å². The first kappa shape index (κ1) is 14.2. The van der Waals surface area contributed by atoms with E-state index in [-0.39, 0.29) is 6.61 Å². The Balaban J connectivity index is 1.81. The normalized spacial score (nSPS) is 19.1. The number of anilines is 1. The summed E-state index contributed by atoms with van der Waals surface area (Å²) in [4.78, 5) is 10.9. The standard InChI is InChI=1S/C13H22N4O2/c1-19-5-3-14-6-12-7-15-13(16-8-12)17-4-2-11(9-17)10-18/h7-8,11,14,18H,2-6,9-10H2,1H3. The highest BCUT2D eigenvalue weighted by Crippen LogP contribution is 2.19. The monoisotopic (exact) mass is 266 g/mol. The van der Waals surface area contributed by atoms with E-state index in [0.29, 0.717) is 12.5 Å². The van der Waals surface area contributed by atoms with Crippen LogP contribution in [0, 0.1) is 5.92 Å². The molecule has 2 heterocycles. The Morgan fingerprint density at radius 3 is 2.89 bits per heavy atom.